The van der Waals surface area contributed by atoms with E-state index in [1.165, 1.54) is 11.8 Å². The molecule has 0 radical (unpaired) electrons. The van der Waals surface area contributed by atoms with Gasteiger partial charge in [0.2, 0.25) is 5.16 Å². The quantitative estimate of drug-likeness (QED) is 0.686. The maximum Gasteiger partial charge on any atom is 0.214 e. The fourth-order valence-corrected chi connectivity index (χ4v) is 2.89. The average molecular weight is 328 g/mol. The molecule has 3 aromatic rings. The smallest absolute Gasteiger partial charge is 0.192 e. The summed E-state index contributed by atoms with van der Waals surface area (Å²) in [6.07, 6.45) is 0. The van der Waals surface area contributed by atoms with E-state index in [2.05, 4.69) is 21.6 Å². The summed E-state index contributed by atoms with van der Waals surface area (Å²) in [5, 5.41) is 21.9. The predicted molar refractivity (Wildman–Crippen MR) is 84.9 cm³/mol. The van der Waals surface area contributed by atoms with Gasteiger partial charge in [-0.25, -0.2) is 0 Å². The van der Waals surface area contributed by atoms with Crippen molar-refractivity contribution < 1.29 is 0 Å². The van der Waals surface area contributed by atoms with Crippen molar-refractivity contribution in [3.8, 4) is 11.8 Å². The summed E-state index contributed by atoms with van der Waals surface area (Å²) in [6, 6.07) is 16.9. The molecule has 1 heterocycles. The Morgan fingerprint density at radius 3 is 2.73 bits per heavy atom. The van der Waals surface area contributed by atoms with Gasteiger partial charge >= 0.3 is 0 Å². The second-order valence-electron chi connectivity index (χ2n) is 4.45. The van der Waals surface area contributed by atoms with Crippen LogP contribution in [0.5, 0.6) is 0 Å². The summed E-state index contributed by atoms with van der Waals surface area (Å²) in [4.78, 5) is 0. The van der Waals surface area contributed by atoms with E-state index in [-0.39, 0.29) is 0 Å². The van der Waals surface area contributed by atoms with E-state index in [0.29, 0.717) is 21.5 Å². The normalized spacial score (nSPS) is 10.4. The van der Waals surface area contributed by atoms with Crippen LogP contribution in [-0.2, 0) is 5.75 Å². The van der Waals surface area contributed by atoms with Crippen molar-refractivity contribution in [2.45, 2.75) is 10.9 Å². The van der Waals surface area contributed by atoms with Crippen LogP contribution in [0.15, 0.2) is 53.7 Å². The van der Waals surface area contributed by atoms with Crippen molar-refractivity contribution in [2.75, 3.05) is 0 Å². The second kappa shape index (κ2) is 6.60. The van der Waals surface area contributed by atoms with Crippen molar-refractivity contribution >= 4 is 23.4 Å². The average Bonchev–Trinajstić information content (AvgIpc) is 3.02. The predicted octanol–water partition coefficient (Wildman–Crippen LogP) is 3.48. The van der Waals surface area contributed by atoms with Gasteiger partial charge in [-0.05, 0) is 46.3 Å². The number of nitriles is 1. The SMILES string of the molecule is N#Cc1ccc(CSc2nnnn2-c2cccc(Cl)c2)cc1. The summed E-state index contributed by atoms with van der Waals surface area (Å²) in [7, 11) is 0. The molecular formula is C15H10ClN5S. The van der Waals surface area contributed by atoms with Crippen molar-refractivity contribution in [3.63, 3.8) is 0 Å². The highest BCUT2D eigenvalue weighted by molar-refractivity contribution is 7.98. The van der Waals surface area contributed by atoms with Gasteiger partial charge in [0, 0.05) is 10.8 Å². The molecule has 7 heteroatoms. The van der Waals surface area contributed by atoms with Crippen LogP contribution in [0, 0.1) is 11.3 Å². The largest absolute Gasteiger partial charge is 0.214 e. The first kappa shape index (κ1) is 14.6. The van der Waals surface area contributed by atoms with Crippen LogP contribution >= 0.6 is 23.4 Å². The zero-order chi connectivity index (χ0) is 15.4. The molecule has 0 saturated heterocycles. The highest BCUT2D eigenvalue weighted by Gasteiger charge is 2.09. The lowest BCUT2D eigenvalue weighted by molar-refractivity contribution is 0.756. The van der Waals surface area contributed by atoms with E-state index in [1.54, 1.807) is 22.9 Å². The summed E-state index contributed by atoms with van der Waals surface area (Å²) in [5.74, 6) is 0.715. The molecule has 0 unspecified atom stereocenters. The molecule has 0 aliphatic rings. The van der Waals surface area contributed by atoms with Gasteiger partial charge in [0.15, 0.2) is 0 Å². The van der Waals surface area contributed by atoms with Crippen molar-refractivity contribution in [3.05, 3.63) is 64.7 Å². The molecule has 2 aromatic carbocycles. The molecule has 108 valence electrons. The number of hydrogen-bond donors (Lipinski definition) is 0. The van der Waals surface area contributed by atoms with E-state index in [4.69, 9.17) is 16.9 Å². The van der Waals surface area contributed by atoms with Crippen LogP contribution in [0.3, 0.4) is 0 Å². The molecule has 0 aliphatic carbocycles. The van der Waals surface area contributed by atoms with Crippen molar-refractivity contribution in [2.24, 2.45) is 0 Å². The molecule has 5 nitrogen and oxygen atoms in total. The van der Waals surface area contributed by atoms with Gasteiger partial charge in [0.05, 0.1) is 17.3 Å². The lowest BCUT2D eigenvalue weighted by Gasteiger charge is -2.04. The third kappa shape index (κ3) is 3.27. The summed E-state index contributed by atoms with van der Waals surface area (Å²) in [5.41, 5.74) is 2.57. The van der Waals surface area contributed by atoms with Crippen LogP contribution in [0.2, 0.25) is 5.02 Å². The fraction of sp³-hybridized carbons (Fsp3) is 0.0667. The highest BCUT2D eigenvalue weighted by atomic mass is 35.5. The minimum Gasteiger partial charge on any atom is -0.192 e. The zero-order valence-corrected chi connectivity index (χ0v) is 12.9. The van der Waals surface area contributed by atoms with E-state index in [0.717, 1.165) is 11.3 Å². The molecule has 3 rings (SSSR count). The Morgan fingerprint density at radius 2 is 2.00 bits per heavy atom. The van der Waals surface area contributed by atoms with Gasteiger partial charge in [0.25, 0.3) is 0 Å². The molecule has 0 spiro atoms. The maximum absolute atomic E-state index is 8.80. The molecule has 22 heavy (non-hydrogen) atoms. The van der Waals surface area contributed by atoms with E-state index in [1.807, 2.05) is 30.3 Å². The first-order valence-electron chi connectivity index (χ1n) is 6.42. The van der Waals surface area contributed by atoms with Crippen LogP contribution < -0.4 is 0 Å². The van der Waals surface area contributed by atoms with Crippen LogP contribution in [0.4, 0.5) is 0 Å². The Bertz CT molecular complexity index is 822. The Hall–Kier alpha value is -2.36. The monoisotopic (exact) mass is 327 g/mol. The lowest BCUT2D eigenvalue weighted by atomic mass is 10.2. The number of thioether (sulfide) groups is 1. The number of hydrogen-bond acceptors (Lipinski definition) is 5. The molecule has 0 amide bonds. The molecule has 0 saturated carbocycles. The standard InChI is InChI=1S/C15H10ClN5S/c16-13-2-1-3-14(8-13)21-15(18-19-20-21)22-10-12-6-4-11(9-17)5-7-12/h1-8H,10H2. The van der Waals surface area contributed by atoms with E-state index >= 15 is 0 Å². The van der Waals surface area contributed by atoms with Gasteiger partial charge in [-0.1, -0.05) is 41.6 Å². The number of halogens is 1. The van der Waals surface area contributed by atoms with Crippen molar-refractivity contribution in [1.29, 1.82) is 5.26 Å². The Labute approximate surface area is 136 Å². The van der Waals surface area contributed by atoms with E-state index in [9.17, 15) is 0 Å². The molecule has 1 aromatic heterocycles. The number of benzene rings is 2. The number of nitrogens with zero attached hydrogens (tertiary/aromatic N) is 5. The summed E-state index contributed by atoms with van der Waals surface area (Å²) in [6.45, 7) is 0. The Balaban J connectivity index is 1.76. The second-order valence-corrected chi connectivity index (χ2v) is 5.83. The highest BCUT2D eigenvalue weighted by Crippen LogP contribution is 2.23. The number of rotatable bonds is 4. The molecular weight excluding hydrogens is 318 g/mol. The third-order valence-electron chi connectivity index (χ3n) is 2.94. The minimum atomic E-state index is 0.635. The van der Waals surface area contributed by atoms with Crippen LogP contribution in [-0.4, -0.2) is 20.2 Å². The van der Waals surface area contributed by atoms with Gasteiger partial charge in [-0.3, -0.25) is 0 Å². The molecule has 0 bridgehead atoms. The zero-order valence-electron chi connectivity index (χ0n) is 11.3. The molecule has 0 atom stereocenters. The minimum absolute atomic E-state index is 0.635. The van der Waals surface area contributed by atoms with Gasteiger partial charge in [-0.2, -0.15) is 9.94 Å². The lowest BCUT2D eigenvalue weighted by Crippen LogP contribution is -1.99. The van der Waals surface area contributed by atoms with Gasteiger partial charge < -0.3 is 0 Å². The summed E-state index contributed by atoms with van der Waals surface area (Å²) < 4.78 is 1.65. The van der Waals surface area contributed by atoms with Gasteiger partial charge in [0.1, 0.15) is 0 Å². The number of tetrazole rings is 1. The summed E-state index contributed by atoms with van der Waals surface area (Å²) >= 11 is 7.52. The van der Waals surface area contributed by atoms with Crippen molar-refractivity contribution in [1.82, 2.24) is 20.2 Å². The Kier molecular flexibility index (Phi) is 4.37. The topological polar surface area (TPSA) is 67.4 Å². The fourth-order valence-electron chi connectivity index (χ4n) is 1.86. The first-order chi connectivity index (χ1) is 10.8. The first-order valence-corrected chi connectivity index (χ1v) is 7.79. The van der Waals surface area contributed by atoms with Crippen LogP contribution in [0.25, 0.3) is 5.69 Å². The molecule has 0 N–H and O–H groups in total. The Morgan fingerprint density at radius 1 is 1.18 bits per heavy atom. The molecule has 0 fully saturated rings. The van der Waals surface area contributed by atoms with Crippen LogP contribution in [0.1, 0.15) is 11.1 Å². The maximum atomic E-state index is 8.80. The van der Waals surface area contributed by atoms with Gasteiger partial charge in [-0.15, -0.1) is 5.10 Å². The number of aromatic nitrogens is 4. The third-order valence-corrected chi connectivity index (χ3v) is 4.17. The molecule has 0 aliphatic heterocycles. The van der Waals surface area contributed by atoms with E-state index < -0.39 is 0 Å².